The lowest BCUT2D eigenvalue weighted by Crippen LogP contribution is -2.34. The Bertz CT molecular complexity index is 1090. The molecule has 1 aliphatic heterocycles. The van der Waals surface area contributed by atoms with Crippen molar-refractivity contribution in [3.8, 4) is 0 Å². The molecule has 1 atom stereocenters. The molecule has 1 heterocycles. The van der Waals surface area contributed by atoms with Crippen LogP contribution in [0.3, 0.4) is 0 Å². The highest BCUT2D eigenvalue weighted by atomic mass is 32.2. The van der Waals surface area contributed by atoms with E-state index in [1.54, 1.807) is 4.90 Å². The van der Waals surface area contributed by atoms with Gasteiger partial charge in [0, 0.05) is 13.1 Å². The van der Waals surface area contributed by atoms with E-state index in [1.165, 1.54) is 0 Å². The second-order valence-corrected chi connectivity index (χ2v) is 9.55. The molecule has 0 saturated carbocycles. The molecule has 1 fully saturated rings. The highest BCUT2D eigenvalue weighted by molar-refractivity contribution is 7.91. The van der Waals surface area contributed by atoms with Crippen molar-refractivity contribution >= 4 is 26.5 Å². The number of sulfone groups is 1. The summed E-state index contributed by atoms with van der Waals surface area (Å²) in [5.74, 6) is -0.00587. The third kappa shape index (κ3) is 3.80. The van der Waals surface area contributed by atoms with E-state index in [2.05, 4.69) is 0 Å². The van der Waals surface area contributed by atoms with E-state index < -0.39 is 15.1 Å². The fourth-order valence-corrected chi connectivity index (χ4v) is 5.75. The molecular weight excluding hydrogens is 370 g/mol. The molecule has 28 heavy (non-hydrogen) atoms. The van der Waals surface area contributed by atoms with Gasteiger partial charge in [-0.1, -0.05) is 72.8 Å². The van der Waals surface area contributed by atoms with Gasteiger partial charge in [-0.2, -0.15) is 0 Å². The smallest absolute Gasteiger partial charge is 0.227 e. The van der Waals surface area contributed by atoms with E-state index in [4.69, 9.17) is 0 Å². The van der Waals surface area contributed by atoms with Crippen LogP contribution in [0.1, 0.15) is 22.8 Å². The molecule has 0 aromatic heterocycles. The van der Waals surface area contributed by atoms with Crippen LogP contribution < -0.4 is 0 Å². The predicted octanol–water partition coefficient (Wildman–Crippen LogP) is 3.77. The molecule has 144 valence electrons. The second-order valence-electron chi connectivity index (χ2n) is 7.25. The molecule has 1 aliphatic rings. The lowest BCUT2D eigenvalue weighted by molar-refractivity contribution is -0.130. The highest BCUT2D eigenvalue weighted by Gasteiger charge is 2.32. The summed E-state index contributed by atoms with van der Waals surface area (Å²) < 4.78 is 25.5. The maximum Gasteiger partial charge on any atom is 0.227 e. The Balaban J connectivity index is 1.53. The van der Waals surface area contributed by atoms with Crippen LogP contribution in [0.4, 0.5) is 0 Å². The summed E-state index contributed by atoms with van der Waals surface area (Å²) in [5.41, 5.74) is 1.79. The number of rotatable bonds is 3. The Morgan fingerprint density at radius 2 is 1.61 bits per heavy atom. The van der Waals surface area contributed by atoms with Gasteiger partial charge in [-0.25, -0.2) is 8.42 Å². The van der Waals surface area contributed by atoms with Crippen LogP contribution in [0.2, 0.25) is 0 Å². The summed E-state index contributed by atoms with van der Waals surface area (Å²) in [6.45, 7) is 0.720. The zero-order chi connectivity index (χ0) is 19.6. The molecule has 1 saturated heterocycles. The Morgan fingerprint density at radius 3 is 2.43 bits per heavy atom. The first kappa shape index (κ1) is 18.7. The zero-order valence-corrected chi connectivity index (χ0v) is 16.4. The molecule has 4 rings (SSSR count). The van der Waals surface area contributed by atoms with Gasteiger partial charge >= 0.3 is 0 Å². The minimum atomic E-state index is -3.28. The van der Waals surface area contributed by atoms with Crippen molar-refractivity contribution < 1.29 is 13.2 Å². The van der Waals surface area contributed by atoms with Crippen molar-refractivity contribution in [2.24, 2.45) is 0 Å². The van der Waals surface area contributed by atoms with E-state index in [-0.39, 0.29) is 24.6 Å². The van der Waals surface area contributed by atoms with E-state index in [0.29, 0.717) is 13.0 Å². The van der Waals surface area contributed by atoms with Gasteiger partial charge in [0.05, 0.1) is 17.4 Å². The molecule has 0 aliphatic carbocycles. The minimum Gasteiger partial charge on any atom is -0.341 e. The fourth-order valence-electron chi connectivity index (χ4n) is 3.96. The largest absolute Gasteiger partial charge is 0.341 e. The van der Waals surface area contributed by atoms with Gasteiger partial charge < -0.3 is 4.90 Å². The van der Waals surface area contributed by atoms with E-state index in [9.17, 15) is 13.2 Å². The predicted molar refractivity (Wildman–Crippen MR) is 112 cm³/mol. The Morgan fingerprint density at radius 1 is 0.893 bits per heavy atom. The molecule has 0 radical (unpaired) electrons. The first-order valence-electron chi connectivity index (χ1n) is 9.55. The van der Waals surface area contributed by atoms with E-state index >= 15 is 0 Å². The van der Waals surface area contributed by atoms with Gasteiger partial charge in [-0.3, -0.25) is 4.79 Å². The quantitative estimate of drug-likeness (QED) is 0.681. The van der Waals surface area contributed by atoms with Crippen LogP contribution in [-0.2, 0) is 21.1 Å². The van der Waals surface area contributed by atoms with Crippen LogP contribution in [0.15, 0.2) is 72.8 Å². The average Bonchev–Trinajstić information content (AvgIpc) is 2.87. The van der Waals surface area contributed by atoms with Crippen LogP contribution in [0, 0.1) is 0 Å². The monoisotopic (exact) mass is 393 g/mol. The molecule has 1 amide bonds. The topological polar surface area (TPSA) is 54.5 Å². The Labute approximate surface area is 165 Å². The second kappa shape index (κ2) is 7.76. The SMILES string of the molecule is O=C(Cc1cccc2ccccc12)N1CCC(c2ccccc2)S(=O)(=O)CC1. The van der Waals surface area contributed by atoms with Gasteiger partial charge in [0.15, 0.2) is 9.84 Å². The van der Waals surface area contributed by atoms with Crippen molar-refractivity contribution in [2.75, 3.05) is 18.8 Å². The maximum absolute atomic E-state index is 12.9. The van der Waals surface area contributed by atoms with Gasteiger partial charge in [-0.15, -0.1) is 0 Å². The van der Waals surface area contributed by atoms with Crippen molar-refractivity contribution in [1.82, 2.24) is 4.90 Å². The summed E-state index contributed by atoms with van der Waals surface area (Å²) in [4.78, 5) is 14.7. The first-order valence-corrected chi connectivity index (χ1v) is 11.3. The van der Waals surface area contributed by atoms with Crippen LogP contribution in [0.25, 0.3) is 10.8 Å². The third-order valence-corrected chi connectivity index (χ3v) is 7.61. The number of carbonyl (C=O) groups excluding carboxylic acids is 1. The lowest BCUT2D eigenvalue weighted by atomic mass is 10.0. The van der Waals surface area contributed by atoms with Gasteiger partial charge in [0.1, 0.15) is 0 Å². The summed E-state index contributed by atoms with van der Waals surface area (Å²) >= 11 is 0. The van der Waals surface area contributed by atoms with Gasteiger partial charge in [-0.05, 0) is 28.3 Å². The van der Waals surface area contributed by atoms with Crippen molar-refractivity contribution in [2.45, 2.75) is 18.1 Å². The highest BCUT2D eigenvalue weighted by Crippen LogP contribution is 2.29. The van der Waals surface area contributed by atoms with Crippen LogP contribution >= 0.6 is 0 Å². The summed E-state index contributed by atoms with van der Waals surface area (Å²) in [6, 6.07) is 23.3. The Kier molecular flexibility index (Phi) is 5.18. The number of amides is 1. The molecule has 3 aromatic rings. The first-order chi connectivity index (χ1) is 13.5. The summed E-state index contributed by atoms with van der Waals surface area (Å²) in [7, 11) is -3.28. The van der Waals surface area contributed by atoms with E-state index in [1.807, 2.05) is 72.8 Å². The molecule has 5 heteroatoms. The molecule has 0 N–H and O–H groups in total. The molecule has 3 aromatic carbocycles. The van der Waals surface area contributed by atoms with Crippen molar-refractivity contribution in [3.05, 3.63) is 83.9 Å². The number of carbonyl (C=O) groups is 1. The normalized spacial score (nSPS) is 19.3. The van der Waals surface area contributed by atoms with E-state index in [0.717, 1.165) is 21.9 Å². The number of benzene rings is 3. The third-order valence-electron chi connectivity index (χ3n) is 5.49. The van der Waals surface area contributed by atoms with Gasteiger partial charge in [0.25, 0.3) is 0 Å². The molecule has 0 spiro atoms. The molecular formula is C23H23NO3S. The number of fused-ring (bicyclic) bond motifs is 1. The molecule has 0 bridgehead atoms. The van der Waals surface area contributed by atoms with Crippen LogP contribution in [0.5, 0.6) is 0 Å². The minimum absolute atomic E-state index is 0.00778. The zero-order valence-electron chi connectivity index (χ0n) is 15.6. The van der Waals surface area contributed by atoms with Crippen molar-refractivity contribution in [3.63, 3.8) is 0 Å². The molecule has 4 nitrogen and oxygen atoms in total. The number of hydrogen-bond acceptors (Lipinski definition) is 3. The summed E-state index contributed by atoms with van der Waals surface area (Å²) in [6.07, 6.45) is 0.727. The maximum atomic E-state index is 12.9. The number of hydrogen-bond donors (Lipinski definition) is 0. The Hall–Kier alpha value is -2.66. The fraction of sp³-hybridized carbons (Fsp3) is 0.261. The van der Waals surface area contributed by atoms with Crippen molar-refractivity contribution in [1.29, 1.82) is 0 Å². The van der Waals surface area contributed by atoms with Gasteiger partial charge in [0.2, 0.25) is 5.91 Å². The summed E-state index contributed by atoms with van der Waals surface area (Å²) in [5, 5.41) is 1.64. The number of nitrogens with zero attached hydrogens (tertiary/aromatic N) is 1. The standard InChI is InChI=1S/C23H23NO3S/c25-23(17-20-11-6-10-18-7-4-5-12-21(18)20)24-14-13-22(28(26,27)16-15-24)19-8-2-1-3-9-19/h1-12,22H,13-17H2. The van der Waals surface area contributed by atoms with Crippen LogP contribution in [-0.4, -0.2) is 38.1 Å². The average molecular weight is 394 g/mol. The lowest BCUT2D eigenvalue weighted by Gasteiger charge is -2.20. The molecule has 1 unspecified atom stereocenters.